The second kappa shape index (κ2) is 5.53. The lowest BCUT2D eigenvalue weighted by Gasteiger charge is -2.24. The Labute approximate surface area is 101 Å². The molecule has 2 unspecified atom stereocenters. The lowest BCUT2D eigenvalue weighted by Crippen LogP contribution is -2.23. The minimum Gasteiger partial charge on any atom is -0.497 e. The number of rotatable bonds is 2. The summed E-state index contributed by atoms with van der Waals surface area (Å²) >= 11 is 0. The van der Waals surface area contributed by atoms with Crippen LogP contribution in [0.2, 0.25) is 0 Å². The third-order valence-corrected chi connectivity index (χ3v) is 2.99. The van der Waals surface area contributed by atoms with Crippen LogP contribution < -0.4 is 0 Å². The van der Waals surface area contributed by atoms with E-state index in [4.69, 9.17) is 9.47 Å². The van der Waals surface area contributed by atoms with Crippen LogP contribution in [0.1, 0.15) is 24.8 Å². The second-order valence-electron chi connectivity index (χ2n) is 4.13. The monoisotopic (exact) mass is 232 g/mol. The molecular weight excluding hydrogens is 216 g/mol. The number of benzene rings is 1. The van der Waals surface area contributed by atoms with Gasteiger partial charge in [0, 0.05) is 12.3 Å². The molecule has 0 spiro atoms. The van der Waals surface area contributed by atoms with Crippen molar-refractivity contribution in [3.63, 3.8) is 0 Å². The zero-order chi connectivity index (χ0) is 12.1. The quantitative estimate of drug-likeness (QED) is 0.735. The first-order valence-electron chi connectivity index (χ1n) is 5.81. The molecule has 90 valence electrons. The number of esters is 1. The highest BCUT2D eigenvalue weighted by Gasteiger charge is 2.21. The van der Waals surface area contributed by atoms with Gasteiger partial charge >= 0.3 is 5.97 Å². The Bertz CT molecular complexity index is 397. The van der Waals surface area contributed by atoms with E-state index in [2.05, 4.69) is 19.1 Å². The number of cyclic esters (lactones) is 1. The van der Waals surface area contributed by atoms with Crippen molar-refractivity contribution in [1.82, 2.24) is 0 Å². The van der Waals surface area contributed by atoms with Crippen molar-refractivity contribution in [3.8, 4) is 0 Å². The van der Waals surface area contributed by atoms with E-state index in [1.165, 1.54) is 17.9 Å². The van der Waals surface area contributed by atoms with Crippen LogP contribution in [0.4, 0.5) is 0 Å². The lowest BCUT2D eigenvalue weighted by atomic mass is 9.93. The van der Waals surface area contributed by atoms with Gasteiger partial charge in [-0.2, -0.15) is 0 Å². The van der Waals surface area contributed by atoms with Crippen LogP contribution in [0.15, 0.2) is 42.7 Å². The minimum atomic E-state index is -0.337. The van der Waals surface area contributed by atoms with Crippen LogP contribution in [-0.2, 0) is 14.3 Å². The third-order valence-electron chi connectivity index (χ3n) is 2.99. The molecule has 3 heteroatoms. The predicted molar refractivity (Wildman–Crippen MR) is 64.4 cm³/mol. The van der Waals surface area contributed by atoms with Crippen LogP contribution in [-0.4, -0.2) is 18.7 Å². The highest BCUT2D eigenvalue weighted by atomic mass is 16.5. The number of hydrogen-bond acceptors (Lipinski definition) is 3. The van der Waals surface area contributed by atoms with E-state index < -0.39 is 0 Å². The molecule has 0 fully saturated rings. The molecule has 0 saturated carbocycles. The highest BCUT2D eigenvalue weighted by Crippen LogP contribution is 2.24. The van der Waals surface area contributed by atoms with E-state index in [-0.39, 0.29) is 18.0 Å². The number of ether oxygens (including phenoxy) is 2. The molecule has 0 aliphatic carbocycles. The van der Waals surface area contributed by atoms with Crippen LogP contribution in [0, 0.1) is 0 Å². The Kier molecular flexibility index (Phi) is 3.81. The van der Waals surface area contributed by atoms with Crippen LogP contribution in [0.25, 0.3) is 0 Å². The Balaban J connectivity index is 2.06. The van der Waals surface area contributed by atoms with E-state index >= 15 is 0 Å². The fourth-order valence-electron chi connectivity index (χ4n) is 1.93. The highest BCUT2D eigenvalue weighted by molar-refractivity contribution is 5.81. The molecule has 0 saturated heterocycles. The molecule has 1 aromatic carbocycles. The number of hydrogen-bond donors (Lipinski definition) is 0. The van der Waals surface area contributed by atoms with Gasteiger partial charge in [0.2, 0.25) is 0 Å². The molecule has 0 radical (unpaired) electrons. The van der Waals surface area contributed by atoms with Gasteiger partial charge in [0.15, 0.2) is 0 Å². The summed E-state index contributed by atoms with van der Waals surface area (Å²) in [5.41, 5.74) is 1.23. The lowest BCUT2D eigenvalue weighted by molar-refractivity contribution is -0.139. The maximum absolute atomic E-state index is 11.0. The molecule has 0 bridgehead atoms. The van der Waals surface area contributed by atoms with Gasteiger partial charge in [-0.3, -0.25) is 0 Å². The predicted octanol–water partition coefficient (Wildman–Crippen LogP) is 2.64. The topological polar surface area (TPSA) is 35.5 Å². The fraction of sp³-hybridized carbons (Fsp3) is 0.357. The van der Waals surface area contributed by atoms with E-state index in [0.717, 1.165) is 0 Å². The first-order valence-corrected chi connectivity index (χ1v) is 5.81. The molecule has 1 aromatic rings. The van der Waals surface area contributed by atoms with Crippen LogP contribution >= 0.6 is 0 Å². The van der Waals surface area contributed by atoms with Gasteiger partial charge in [-0.1, -0.05) is 37.3 Å². The molecule has 1 aliphatic heterocycles. The summed E-state index contributed by atoms with van der Waals surface area (Å²) in [5.74, 6) is -0.0616. The van der Waals surface area contributed by atoms with Crippen LogP contribution in [0.3, 0.4) is 0 Å². The smallest absolute Gasteiger partial charge is 0.333 e. The van der Waals surface area contributed by atoms with Crippen molar-refractivity contribution in [1.29, 1.82) is 0 Å². The maximum atomic E-state index is 11.0. The molecule has 17 heavy (non-hydrogen) atoms. The molecule has 3 nitrogen and oxygen atoms in total. The zero-order valence-corrected chi connectivity index (χ0v) is 9.84. The van der Waals surface area contributed by atoms with Crippen molar-refractivity contribution in [2.75, 3.05) is 6.61 Å². The summed E-state index contributed by atoms with van der Waals surface area (Å²) in [6, 6.07) is 10.2. The third kappa shape index (κ3) is 3.09. The Morgan fingerprint density at radius 3 is 2.82 bits per heavy atom. The van der Waals surface area contributed by atoms with E-state index in [0.29, 0.717) is 13.0 Å². The summed E-state index contributed by atoms with van der Waals surface area (Å²) in [5, 5.41) is 0. The Morgan fingerprint density at radius 1 is 1.29 bits per heavy atom. The standard InChI is InChI=1S/C14H16O3/c1-11(12-5-3-2-4-6-12)13-7-9-17-14(15)8-10-16-13/h2-6,8,10-11,13H,7,9H2,1H3. The average Bonchev–Trinajstić information content (AvgIpc) is 2.34. The van der Waals surface area contributed by atoms with Crippen LogP contribution in [0.5, 0.6) is 0 Å². The molecular formula is C14H16O3. The minimum absolute atomic E-state index is 0.0433. The van der Waals surface area contributed by atoms with Gasteiger partial charge in [0.05, 0.1) is 18.9 Å². The largest absolute Gasteiger partial charge is 0.497 e. The van der Waals surface area contributed by atoms with Crippen molar-refractivity contribution in [2.45, 2.75) is 25.4 Å². The van der Waals surface area contributed by atoms with Gasteiger partial charge in [0.1, 0.15) is 6.10 Å². The van der Waals surface area contributed by atoms with Crippen molar-refractivity contribution >= 4 is 5.97 Å². The normalized spacial score (nSPS) is 21.9. The van der Waals surface area contributed by atoms with Gasteiger partial charge in [-0.15, -0.1) is 0 Å². The number of carbonyl (C=O) groups excluding carboxylic acids is 1. The van der Waals surface area contributed by atoms with Crippen molar-refractivity contribution in [3.05, 3.63) is 48.2 Å². The van der Waals surface area contributed by atoms with E-state index in [1.807, 2.05) is 18.2 Å². The summed E-state index contributed by atoms with van der Waals surface area (Å²) < 4.78 is 10.6. The molecule has 0 N–H and O–H groups in total. The molecule has 1 aliphatic rings. The Hall–Kier alpha value is -1.77. The van der Waals surface area contributed by atoms with Crippen molar-refractivity contribution in [2.24, 2.45) is 0 Å². The average molecular weight is 232 g/mol. The van der Waals surface area contributed by atoms with Gasteiger partial charge < -0.3 is 9.47 Å². The Morgan fingerprint density at radius 2 is 2.06 bits per heavy atom. The summed E-state index contributed by atoms with van der Waals surface area (Å²) in [6.45, 7) is 2.53. The second-order valence-corrected chi connectivity index (χ2v) is 4.13. The van der Waals surface area contributed by atoms with Crippen molar-refractivity contribution < 1.29 is 14.3 Å². The van der Waals surface area contributed by atoms with E-state index in [9.17, 15) is 4.79 Å². The first-order chi connectivity index (χ1) is 8.27. The molecule has 2 rings (SSSR count). The van der Waals surface area contributed by atoms with Gasteiger partial charge in [0.25, 0.3) is 0 Å². The SMILES string of the molecule is CC(c1ccccc1)C1CCOC(=O)C=CO1. The fourth-order valence-corrected chi connectivity index (χ4v) is 1.93. The zero-order valence-electron chi connectivity index (χ0n) is 9.84. The molecule has 2 atom stereocenters. The molecule has 0 aromatic heterocycles. The van der Waals surface area contributed by atoms with Gasteiger partial charge in [-0.05, 0) is 5.56 Å². The summed E-state index contributed by atoms with van der Waals surface area (Å²) in [4.78, 5) is 11.0. The maximum Gasteiger partial charge on any atom is 0.333 e. The molecule has 0 amide bonds. The van der Waals surface area contributed by atoms with Gasteiger partial charge in [-0.25, -0.2) is 4.79 Å². The summed E-state index contributed by atoms with van der Waals surface area (Å²) in [6.07, 6.45) is 3.52. The molecule has 1 heterocycles. The summed E-state index contributed by atoms with van der Waals surface area (Å²) in [7, 11) is 0. The van der Waals surface area contributed by atoms with E-state index in [1.54, 1.807) is 0 Å². The first kappa shape index (κ1) is 11.7. The number of carbonyl (C=O) groups is 1.